The van der Waals surface area contributed by atoms with Crippen LogP contribution in [0.25, 0.3) is 5.57 Å². The summed E-state index contributed by atoms with van der Waals surface area (Å²) in [4.78, 5) is 20.2. The molecule has 0 saturated carbocycles. The molecule has 0 aliphatic rings. The molecule has 0 atom stereocenters. The van der Waals surface area contributed by atoms with E-state index in [-0.39, 0.29) is 5.57 Å². The minimum atomic E-state index is -0.520. The van der Waals surface area contributed by atoms with Crippen molar-refractivity contribution in [2.45, 2.75) is 6.61 Å². The minimum Gasteiger partial charge on any atom is -0.503 e. The molecule has 0 amide bonds. The molecule has 3 rings (SSSR count). The summed E-state index contributed by atoms with van der Waals surface area (Å²) < 4.78 is 21.5. The van der Waals surface area contributed by atoms with Crippen LogP contribution in [0.3, 0.4) is 0 Å². The van der Waals surface area contributed by atoms with Gasteiger partial charge in [-0.25, -0.2) is 14.8 Å². The number of nitrogens with zero attached hydrogens (tertiary/aromatic N) is 2. The number of methoxy groups -OCH3 is 2. The number of rotatable bonds is 8. The lowest BCUT2D eigenvalue weighted by atomic mass is 10.1. The standard InChI is InChI=1S/C22H20N2O5/c1-26-15-19(21(25)27-2)18-9-3-4-10-20(18)29-17-8-5-7-16(13-17)14-28-22-23-11-6-12-24-22/h3-13,15H,14H2,1-2H3. The maximum Gasteiger partial charge on any atom is 0.341 e. The van der Waals surface area contributed by atoms with E-state index in [1.54, 1.807) is 36.7 Å². The molecule has 29 heavy (non-hydrogen) atoms. The Bertz CT molecular complexity index is 989. The summed E-state index contributed by atoms with van der Waals surface area (Å²) in [6.07, 6.45) is 4.56. The third kappa shape index (κ3) is 5.32. The van der Waals surface area contributed by atoms with Gasteiger partial charge < -0.3 is 18.9 Å². The molecule has 7 heteroatoms. The van der Waals surface area contributed by atoms with Crippen LogP contribution in [0.1, 0.15) is 11.1 Å². The quantitative estimate of drug-likeness (QED) is 0.325. The Labute approximate surface area is 168 Å². The molecule has 1 heterocycles. The van der Waals surface area contributed by atoms with E-state index in [9.17, 15) is 4.79 Å². The Morgan fingerprint density at radius 3 is 2.55 bits per heavy atom. The molecular formula is C22H20N2O5. The van der Waals surface area contributed by atoms with Crippen molar-refractivity contribution in [3.8, 4) is 17.5 Å². The molecule has 0 bridgehead atoms. The van der Waals surface area contributed by atoms with E-state index in [1.807, 2.05) is 30.3 Å². The zero-order valence-corrected chi connectivity index (χ0v) is 16.1. The van der Waals surface area contributed by atoms with E-state index >= 15 is 0 Å². The number of para-hydroxylation sites is 1. The average molecular weight is 392 g/mol. The predicted molar refractivity (Wildman–Crippen MR) is 106 cm³/mol. The Hall–Kier alpha value is -3.87. The van der Waals surface area contributed by atoms with Crippen molar-refractivity contribution < 1.29 is 23.7 Å². The summed E-state index contributed by atoms with van der Waals surface area (Å²) in [5, 5.41) is 0. The predicted octanol–water partition coefficient (Wildman–Crippen LogP) is 4.01. The van der Waals surface area contributed by atoms with Gasteiger partial charge in [-0.15, -0.1) is 0 Å². The molecule has 0 fully saturated rings. The third-order valence-electron chi connectivity index (χ3n) is 3.85. The number of hydrogen-bond donors (Lipinski definition) is 0. The Morgan fingerprint density at radius 2 is 1.79 bits per heavy atom. The maximum atomic E-state index is 12.1. The highest BCUT2D eigenvalue weighted by Gasteiger charge is 2.18. The molecule has 7 nitrogen and oxygen atoms in total. The molecule has 0 aliphatic heterocycles. The number of ether oxygens (including phenoxy) is 4. The van der Waals surface area contributed by atoms with E-state index in [4.69, 9.17) is 18.9 Å². The second-order valence-corrected chi connectivity index (χ2v) is 5.82. The first kappa shape index (κ1) is 19.9. The van der Waals surface area contributed by atoms with Crippen LogP contribution in [0, 0.1) is 0 Å². The zero-order chi connectivity index (χ0) is 20.5. The first-order chi connectivity index (χ1) is 14.2. The van der Waals surface area contributed by atoms with E-state index < -0.39 is 5.97 Å². The largest absolute Gasteiger partial charge is 0.503 e. The van der Waals surface area contributed by atoms with Gasteiger partial charge in [-0.3, -0.25) is 0 Å². The molecule has 0 N–H and O–H groups in total. The fourth-order valence-electron chi connectivity index (χ4n) is 2.56. The Morgan fingerprint density at radius 1 is 1.00 bits per heavy atom. The van der Waals surface area contributed by atoms with Crippen LogP contribution in [0.2, 0.25) is 0 Å². The summed E-state index contributed by atoms with van der Waals surface area (Å²) in [6, 6.07) is 16.6. The summed E-state index contributed by atoms with van der Waals surface area (Å²) in [6.45, 7) is 0.292. The van der Waals surface area contributed by atoms with Gasteiger partial charge in [0.05, 0.1) is 20.5 Å². The zero-order valence-electron chi connectivity index (χ0n) is 16.1. The van der Waals surface area contributed by atoms with E-state index in [1.165, 1.54) is 20.5 Å². The summed E-state index contributed by atoms with van der Waals surface area (Å²) in [5.74, 6) is 0.563. The van der Waals surface area contributed by atoms with E-state index in [2.05, 4.69) is 9.97 Å². The van der Waals surface area contributed by atoms with Gasteiger partial charge in [0.25, 0.3) is 0 Å². The van der Waals surface area contributed by atoms with Gasteiger partial charge >= 0.3 is 12.0 Å². The molecular weight excluding hydrogens is 372 g/mol. The van der Waals surface area contributed by atoms with Crippen molar-refractivity contribution in [3.05, 3.63) is 84.4 Å². The van der Waals surface area contributed by atoms with Crippen molar-refractivity contribution in [1.29, 1.82) is 0 Å². The Kier molecular flexibility index (Phi) is 6.78. The van der Waals surface area contributed by atoms with Gasteiger partial charge in [-0.05, 0) is 29.8 Å². The number of carbonyl (C=O) groups excluding carboxylic acids is 1. The highest BCUT2D eigenvalue weighted by Crippen LogP contribution is 2.31. The second kappa shape index (κ2) is 9.89. The first-order valence-corrected chi connectivity index (χ1v) is 8.78. The first-order valence-electron chi connectivity index (χ1n) is 8.78. The monoisotopic (exact) mass is 392 g/mol. The molecule has 148 valence electrons. The van der Waals surface area contributed by atoms with Crippen LogP contribution in [0.5, 0.6) is 17.5 Å². The van der Waals surface area contributed by atoms with Gasteiger partial charge in [0, 0.05) is 18.0 Å². The number of carbonyl (C=O) groups is 1. The molecule has 1 aromatic heterocycles. The minimum absolute atomic E-state index is 0.256. The molecule has 3 aromatic rings. The van der Waals surface area contributed by atoms with Gasteiger partial charge in [-0.1, -0.05) is 30.3 Å². The van der Waals surface area contributed by atoms with Gasteiger partial charge in [0.1, 0.15) is 23.7 Å². The summed E-state index contributed by atoms with van der Waals surface area (Å²) in [7, 11) is 2.78. The van der Waals surface area contributed by atoms with Crippen LogP contribution in [0.15, 0.2) is 73.3 Å². The third-order valence-corrected chi connectivity index (χ3v) is 3.85. The maximum absolute atomic E-state index is 12.1. The second-order valence-electron chi connectivity index (χ2n) is 5.82. The van der Waals surface area contributed by atoms with Crippen molar-refractivity contribution in [3.63, 3.8) is 0 Å². The number of esters is 1. The lowest BCUT2D eigenvalue weighted by Crippen LogP contribution is -2.05. The lowest BCUT2D eigenvalue weighted by Gasteiger charge is -2.13. The van der Waals surface area contributed by atoms with Crippen LogP contribution >= 0.6 is 0 Å². The van der Waals surface area contributed by atoms with E-state index in [0.717, 1.165) is 5.56 Å². The Balaban J connectivity index is 1.80. The molecule has 0 unspecified atom stereocenters. The number of benzene rings is 2. The molecule has 0 saturated heterocycles. The average Bonchev–Trinajstić information content (AvgIpc) is 2.77. The number of aromatic nitrogens is 2. The summed E-state index contributed by atoms with van der Waals surface area (Å²) >= 11 is 0. The van der Waals surface area contributed by atoms with E-state index in [0.29, 0.717) is 29.7 Å². The SMILES string of the molecule is COC=C(C(=O)OC)c1ccccc1Oc1cccc(COc2ncccn2)c1. The molecule has 2 aromatic carbocycles. The fraction of sp³-hybridized carbons (Fsp3) is 0.136. The van der Waals surface area contributed by atoms with Crippen LogP contribution in [-0.2, 0) is 20.9 Å². The topological polar surface area (TPSA) is 79.8 Å². The van der Waals surface area contributed by atoms with Crippen LogP contribution in [0.4, 0.5) is 0 Å². The normalized spacial score (nSPS) is 10.9. The lowest BCUT2D eigenvalue weighted by molar-refractivity contribution is -0.133. The van der Waals surface area contributed by atoms with Crippen LogP contribution < -0.4 is 9.47 Å². The van der Waals surface area contributed by atoms with Crippen LogP contribution in [-0.4, -0.2) is 30.2 Å². The van der Waals surface area contributed by atoms with Crippen molar-refractivity contribution >= 4 is 11.5 Å². The van der Waals surface area contributed by atoms with Crippen molar-refractivity contribution in [2.24, 2.45) is 0 Å². The smallest absolute Gasteiger partial charge is 0.341 e. The highest BCUT2D eigenvalue weighted by molar-refractivity contribution is 6.17. The fourth-order valence-corrected chi connectivity index (χ4v) is 2.56. The molecule has 0 aliphatic carbocycles. The van der Waals surface area contributed by atoms with Crippen molar-refractivity contribution in [2.75, 3.05) is 14.2 Å². The van der Waals surface area contributed by atoms with Gasteiger partial charge in [-0.2, -0.15) is 0 Å². The molecule has 0 spiro atoms. The highest BCUT2D eigenvalue weighted by atomic mass is 16.5. The van der Waals surface area contributed by atoms with Gasteiger partial charge in [0.15, 0.2) is 0 Å². The number of hydrogen-bond acceptors (Lipinski definition) is 7. The van der Waals surface area contributed by atoms with Gasteiger partial charge in [0.2, 0.25) is 0 Å². The summed E-state index contributed by atoms with van der Waals surface area (Å²) in [5.41, 5.74) is 1.69. The van der Waals surface area contributed by atoms with Crippen molar-refractivity contribution in [1.82, 2.24) is 9.97 Å². The molecule has 0 radical (unpaired) electrons.